The van der Waals surface area contributed by atoms with Crippen LogP contribution in [-0.4, -0.2) is 53.6 Å². The van der Waals surface area contributed by atoms with E-state index in [1.165, 1.54) is 12.1 Å². The molecule has 2 fully saturated rings. The van der Waals surface area contributed by atoms with E-state index in [4.69, 9.17) is 27.9 Å². The summed E-state index contributed by atoms with van der Waals surface area (Å²) in [6.07, 6.45) is 0.282. The molecule has 1 amide bonds. The predicted molar refractivity (Wildman–Crippen MR) is 121 cm³/mol. The number of amides is 1. The Balaban J connectivity index is 1.56. The molecule has 31 heavy (non-hydrogen) atoms. The second-order valence-corrected chi connectivity index (χ2v) is 9.56. The van der Waals surface area contributed by atoms with Gasteiger partial charge in [0.1, 0.15) is 5.82 Å². The van der Waals surface area contributed by atoms with Crippen molar-refractivity contribution in [2.75, 3.05) is 26.3 Å². The van der Waals surface area contributed by atoms with Gasteiger partial charge in [0.15, 0.2) is 0 Å². The van der Waals surface area contributed by atoms with Crippen molar-refractivity contribution in [1.29, 1.82) is 0 Å². The first-order chi connectivity index (χ1) is 14.8. The number of hydrogen-bond donors (Lipinski definition) is 0. The summed E-state index contributed by atoms with van der Waals surface area (Å²) >= 11 is 12.2. The average Bonchev–Trinajstić information content (AvgIpc) is 2.73. The van der Waals surface area contributed by atoms with E-state index in [9.17, 15) is 9.18 Å². The van der Waals surface area contributed by atoms with E-state index < -0.39 is 0 Å². The van der Waals surface area contributed by atoms with Crippen LogP contribution in [0.2, 0.25) is 10.0 Å². The minimum atomic E-state index is -0.357. The summed E-state index contributed by atoms with van der Waals surface area (Å²) in [6.45, 7) is 7.58. The molecule has 0 aromatic heterocycles. The van der Waals surface area contributed by atoms with Crippen LogP contribution in [-0.2, 0) is 22.5 Å². The largest absolute Gasteiger partial charge is 0.379 e. The number of piperazine rings is 1. The van der Waals surface area contributed by atoms with E-state index in [0.29, 0.717) is 36.3 Å². The summed E-state index contributed by atoms with van der Waals surface area (Å²) < 4.78 is 19.2. The van der Waals surface area contributed by atoms with E-state index in [2.05, 4.69) is 18.7 Å². The topological polar surface area (TPSA) is 32.8 Å². The van der Waals surface area contributed by atoms with Crippen LogP contribution in [0.5, 0.6) is 0 Å². The zero-order valence-corrected chi connectivity index (χ0v) is 19.3. The van der Waals surface area contributed by atoms with Gasteiger partial charge in [-0.05, 0) is 42.3 Å². The molecule has 4 nitrogen and oxygen atoms in total. The number of carbonyl (C=O) groups excluding carboxylic acids is 1. The maximum Gasteiger partial charge on any atom is 0.227 e. The fraction of sp³-hybridized carbons (Fsp3) is 0.458. The molecule has 166 valence electrons. The molecule has 0 spiro atoms. The molecule has 0 bridgehead atoms. The van der Waals surface area contributed by atoms with Crippen molar-refractivity contribution in [3.05, 3.63) is 69.5 Å². The Morgan fingerprint density at radius 3 is 2.52 bits per heavy atom. The first-order valence-electron chi connectivity index (χ1n) is 10.6. The fourth-order valence-corrected chi connectivity index (χ4v) is 5.22. The fourth-order valence-electron chi connectivity index (χ4n) is 4.90. The van der Waals surface area contributed by atoms with Crippen LogP contribution in [0.3, 0.4) is 0 Å². The molecule has 3 atom stereocenters. The molecule has 2 aliphatic rings. The normalized spacial score (nSPS) is 26.5. The summed E-state index contributed by atoms with van der Waals surface area (Å²) in [6, 6.07) is 12.0. The van der Waals surface area contributed by atoms with Crippen molar-refractivity contribution in [2.45, 2.75) is 38.4 Å². The molecular weight excluding hydrogens is 438 g/mol. The van der Waals surface area contributed by atoms with Gasteiger partial charge in [0, 0.05) is 25.6 Å². The summed E-state index contributed by atoms with van der Waals surface area (Å²) in [4.78, 5) is 17.8. The van der Waals surface area contributed by atoms with E-state index in [0.717, 1.165) is 17.7 Å². The first-order valence-corrected chi connectivity index (χ1v) is 11.3. The molecule has 0 aliphatic carbocycles. The third kappa shape index (κ3) is 4.47. The van der Waals surface area contributed by atoms with Crippen LogP contribution >= 0.6 is 23.2 Å². The minimum Gasteiger partial charge on any atom is -0.379 e. The Morgan fingerprint density at radius 2 is 1.81 bits per heavy atom. The summed E-state index contributed by atoms with van der Waals surface area (Å²) in [5, 5.41) is 0.942. The second-order valence-electron chi connectivity index (χ2n) is 8.75. The van der Waals surface area contributed by atoms with Crippen LogP contribution in [0.1, 0.15) is 25.0 Å². The maximum atomic E-state index is 13.4. The second kappa shape index (κ2) is 9.07. The van der Waals surface area contributed by atoms with Crippen molar-refractivity contribution in [2.24, 2.45) is 5.92 Å². The third-order valence-corrected chi connectivity index (χ3v) is 7.63. The summed E-state index contributed by atoms with van der Waals surface area (Å²) in [5.41, 5.74) is 1.55. The predicted octanol–water partition coefficient (Wildman–Crippen LogP) is 4.81. The van der Waals surface area contributed by atoms with Gasteiger partial charge in [-0.15, -0.1) is 0 Å². The lowest BCUT2D eigenvalue weighted by Gasteiger charge is -2.59. The Hall–Kier alpha value is -1.66. The van der Waals surface area contributed by atoms with Gasteiger partial charge in [-0.25, -0.2) is 4.39 Å². The Labute approximate surface area is 192 Å². The van der Waals surface area contributed by atoms with Gasteiger partial charge in [0.2, 0.25) is 5.91 Å². The standard InChI is InChI=1S/C24H27Cl2FN2O2/c1-16-14-31-15-22-24(16,2)29(23(30)12-18-5-8-20(25)21(26)11-18)10-9-28(22)13-17-3-6-19(27)7-4-17/h3-8,11,16,22H,9-10,12-15H2,1-2H3. The molecule has 2 aliphatic heterocycles. The Bertz CT molecular complexity index is 955. The highest BCUT2D eigenvalue weighted by molar-refractivity contribution is 6.42. The molecule has 3 unspecified atom stereocenters. The lowest BCUT2D eigenvalue weighted by molar-refractivity contribution is -0.172. The van der Waals surface area contributed by atoms with E-state index >= 15 is 0 Å². The molecule has 2 aromatic carbocycles. The van der Waals surface area contributed by atoms with Gasteiger partial charge in [-0.3, -0.25) is 9.69 Å². The highest BCUT2D eigenvalue weighted by Gasteiger charge is 2.53. The van der Waals surface area contributed by atoms with Gasteiger partial charge in [0.25, 0.3) is 0 Å². The molecule has 2 aromatic rings. The minimum absolute atomic E-state index is 0.0628. The number of benzene rings is 2. The summed E-state index contributed by atoms with van der Waals surface area (Å²) in [7, 11) is 0. The van der Waals surface area contributed by atoms with Crippen molar-refractivity contribution in [3.63, 3.8) is 0 Å². The van der Waals surface area contributed by atoms with Crippen molar-refractivity contribution in [1.82, 2.24) is 9.80 Å². The average molecular weight is 465 g/mol. The van der Waals surface area contributed by atoms with Gasteiger partial charge in [-0.2, -0.15) is 0 Å². The van der Waals surface area contributed by atoms with Crippen LogP contribution in [0.15, 0.2) is 42.5 Å². The third-order valence-electron chi connectivity index (χ3n) is 6.89. The lowest BCUT2D eigenvalue weighted by atomic mass is 9.75. The monoisotopic (exact) mass is 464 g/mol. The highest BCUT2D eigenvalue weighted by atomic mass is 35.5. The van der Waals surface area contributed by atoms with Gasteiger partial charge in [-0.1, -0.05) is 48.3 Å². The zero-order chi connectivity index (χ0) is 22.2. The highest BCUT2D eigenvalue weighted by Crippen LogP contribution is 2.39. The van der Waals surface area contributed by atoms with Gasteiger partial charge >= 0.3 is 0 Å². The van der Waals surface area contributed by atoms with E-state index in [1.54, 1.807) is 12.1 Å². The molecule has 0 N–H and O–H groups in total. The number of rotatable bonds is 4. The maximum absolute atomic E-state index is 13.4. The number of halogens is 3. The summed E-state index contributed by atoms with van der Waals surface area (Å²) in [5.74, 6) is 0.0297. The molecule has 7 heteroatoms. The Morgan fingerprint density at radius 1 is 1.10 bits per heavy atom. The first kappa shape index (κ1) is 22.5. The number of carbonyl (C=O) groups is 1. The number of fused-ring (bicyclic) bond motifs is 1. The van der Waals surface area contributed by atoms with Gasteiger partial charge < -0.3 is 9.64 Å². The molecule has 0 radical (unpaired) electrons. The molecule has 0 saturated carbocycles. The van der Waals surface area contributed by atoms with Crippen molar-refractivity contribution in [3.8, 4) is 0 Å². The molecule has 4 rings (SSSR count). The van der Waals surface area contributed by atoms with Crippen molar-refractivity contribution >= 4 is 29.1 Å². The van der Waals surface area contributed by atoms with E-state index in [-0.39, 0.29) is 35.6 Å². The lowest BCUT2D eigenvalue weighted by Crippen LogP contribution is -2.73. The van der Waals surface area contributed by atoms with Crippen LogP contribution in [0.4, 0.5) is 4.39 Å². The quantitative estimate of drug-likeness (QED) is 0.650. The Kier molecular flexibility index (Phi) is 6.59. The smallest absolute Gasteiger partial charge is 0.227 e. The van der Waals surface area contributed by atoms with Crippen LogP contribution < -0.4 is 0 Å². The van der Waals surface area contributed by atoms with Gasteiger partial charge in [0.05, 0.1) is 41.3 Å². The number of hydrogen-bond acceptors (Lipinski definition) is 3. The number of ether oxygens (including phenoxy) is 1. The van der Waals surface area contributed by atoms with E-state index in [1.807, 2.05) is 23.1 Å². The SMILES string of the molecule is CC1COCC2N(Cc3ccc(F)cc3)CCN(C(=O)Cc3ccc(Cl)c(Cl)c3)C12C. The van der Waals surface area contributed by atoms with Crippen LogP contribution in [0.25, 0.3) is 0 Å². The molecule has 2 saturated heterocycles. The zero-order valence-electron chi connectivity index (χ0n) is 17.8. The number of nitrogens with zero attached hydrogens (tertiary/aromatic N) is 2. The molecular formula is C24H27Cl2FN2O2. The molecule has 2 heterocycles. The van der Waals surface area contributed by atoms with Crippen molar-refractivity contribution < 1.29 is 13.9 Å². The van der Waals surface area contributed by atoms with Crippen LogP contribution in [0, 0.1) is 11.7 Å².